The first-order valence-corrected chi connectivity index (χ1v) is 12.6. The van der Waals surface area contributed by atoms with Gasteiger partial charge in [-0.2, -0.15) is 0 Å². The van der Waals surface area contributed by atoms with Crippen molar-refractivity contribution >= 4 is 50.8 Å². The van der Waals surface area contributed by atoms with Crippen LogP contribution in [0.2, 0.25) is 0 Å². The topological polar surface area (TPSA) is 70.7 Å². The van der Waals surface area contributed by atoms with Crippen LogP contribution in [-0.4, -0.2) is 41.5 Å². The van der Waals surface area contributed by atoms with Gasteiger partial charge in [-0.1, -0.05) is 30.3 Å². The minimum absolute atomic E-state index is 0.0181. The molecule has 0 aliphatic rings. The van der Waals surface area contributed by atoms with Crippen molar-refractivity contribution in [3.8, 4) is 5.75 Å². The van der Waals surface area contributed by atoms with E-state index in [2.05, 4.69) is 38.7 Å². The Labute approximate surface area is 219 Å². The van der Waals surface area contributed by atoms with Gasteiger partial charge >= 0.3 is 0 Å². The number of hydrogen-bond donors (Lipinski definition) is 2. The molecule has 0 spiro atoms. The summed E-state index contributed by atoms with van der Waals surface area (Å²) >= 11 is 8.76. The number of anilines is 1. The van der Waals surface area contributed by atoms with Crippen LogP contribution in [-0.2, 0) is 6.42 Å². The summed E-state index contributed by atoms with van der Waals surface area (Å²) in [6, 6.07) is 22.2. The predicted octanol–water partition coefficient (Wildman–Crippen LogP) is 5.68. The third kappa shape index (κ3) is 7.63. The van der Waals surface area contributed by atoms with Crippen LogP contribution in [0.1, 0.15) is 40.1 Å². The normalized spacial score (nSPS) is 10.4. The number of ether oxygens (including phenoxy) is 1. The smallest absolute Gasteiger partial charge is 0.257 e. The Morgan fingerprint density at radius 2 is 1.60 bits per heavy atom. The Kier molecular flexibility index (Phi) is 9.81. The Morgan fingerprint density at radius 1 is 0.943 bits per heavy atom. The highest BCUT2D eigenvalue weighted by atomic mass is 79.9. The van der Waals surface area contributed by atoms with Gasteiger partial charge in [0.2, 0.25) is 0 Å². The molecule has 2 N–H and O–H groups in total. The molecule has 0 saturated carbocycles. The van der Waals surface area contributed by atoms with Gasteiger partial charge in [-0.15, -0.1) is 0 Å². The van der Waals surface area contributed by atoms with Crippen LogP contribution in [0.5, 0.6) is 5.75 Å². The molecule has 0 bridgehead atoms. The highest BCUT2D eigenvalue weighted by Crippen LogP contribution is 2.26. The van der Waals surface area contributed by atoms with E-state index in [9.17, 15) is 9.59 Å². The summed E-state index contributed by atoms with van der Waals surface area (Å²) in [6.45, 7) is 5.74. The summed E-state index contributed by atoms with van der Waals surface area (Å²) in [7, 11) is 0. The molecule has 0 aromatic heterocycles. The monoisotopic (exact) mass is 553 g/mol. The number of benzene rings is 3. The largest absolute Gasteiger partial charge is 0.492 e. The molecule has 0 atom stereocenters. The Hall–Kier alpha value is -3.23. The SMILES string of the molecule is CCN(CC)C(=O)c1ccc(NC(=S)NC(=O)c2ccc(OCCc3ccccc3)c(Br)c2)cc1. The summed E-state index contributed by atoms with van der Waals surface area (Å²) in [6.07, 6.45) is 0.792. The van der Waals surface area contributed by atoms with Crippen LogP contribution < -0.4 is 15.4 Å². The van der Waals surface area contributed by atoms with Crippen LogP contribution in [0.4, 0.5) is 5.69 Å². The van der Waals surface area contributed by atoms with Gasteiger partial charge in [-0.25, -0.2) is 0 Å². The maximum Gasteiger partial charge on any atom is 0.257 e. The van der Waals surface area contributed by atoms with Gasteiger partial charge in [0.05, 0.1) is 11.1 Å². The van der Waals surface area contributed by atoms with E-state index >= 15 is 0 Å². The summed E-state index contributed by atoms with van der Waals surface area (Å²) in [4.78, 5) is 26.8. The predicted molar refractivity (Wildman–Crippen MR) is 147 cm³/mol. The molecule has 0 unspecified atom stereocenters. The number of thiocarbonyl (C=S) groups is 1. The maximum atomic E-state index is 12.6. The van der Waals surface area contributed by atoms with Gasteiger partial charge < -0.3 is 15.0 Å². The Balaban J connectivity index is 1.52. The quantitative estimate of drug-likeness (QED) is 0.333. The second-order valence-electron chi connectivity index (χ2n) is 7.69. The van der Waals surface area contributed by atoms with Crippen molar-refractivity contribution in [3.05, 3.63) is 94.0 Å². The number of amides is 2. The number of carbonyl (C=O) groups excluding carboxylic acids is 2. The first-order valence-electron chi connectivity index (χ1n) is 11.4. The van der Waals surface area contributed by atoms with Crippen LogP contribution in [0.3, 0.4) is 0 Å². The summed E-state index contributed by atoms with van der Waals surface area (Å²) in [5.41, 5.74) is 2.92. The summed E-state index contributed by atoms with van der Waals surface area (Å²) in [5.74, 6) is 0.306. The molecule has 0 aliphatic heterocycles. The number of nitrogens with zero attached hydrogens (tertiary/aromatic N) is 1. The zero-order valence-corrected chi connectivity index (χ0v) is 22.1. The van der Waals surface area contributed by atoms with E-state index in [0.29, 0.717) is 46.7 Å². The molecule has 0 heterocycles. The molecule has 8 heteroatoms. The molecule has 3 rings (SSSR count). The second-order valence-corrected chi connectivity index (χ2v) is 8.95. The Morgan fingerprint density at radius 3 is 2.23 bits per heavy atom. The standard InChI is InChI=1S/C27H28BrN3O3S/c1-3-31(4-2)26(33)20-10-13-22(14-11-20)29-27(35)30-25(32)21-12-15-24(23(28)18-21)34-17-16-19-8-6-5-7-9-19/h5-15,18H,3-4,16-17H2,1-2H3,(H2,29,30,32,35). The maximum absolute atomic E-state index is 12.6. The lowest BCUT2D eigenvalue weighted by Gasteiger charge is -2.18. The van der Waals surface area contributed by atoms with Crippen molar-refractivity contribution in [1.82, 2.24) is 10.2 Å². The third-order valence-electron chi connectivity index (χ3n) is 5.35. The number of carbonyl (C=O) groups is 2. The molecule has 6 nitrogen and oxygen atoms in total. The van der Waals surface area contributed by atoms with Gasteiger partial charge in [0.1, 0.15) is 5.75 Å². The lowest BCUT2D eigenvalue weighted by atomic mass is 10.1. The van der Waals surface area contributed by atoms with E-state index in [1.807, 2.05) is 32.0 Å². The van der Waals surface area contributed by atoms with Crippen molar-refractivity contribution in [2.24, 2.45) is 0 Å². The lowest BCUT2D eigenvalue weighted by molar-refractivity contribution is 0.0772. The van der Waals surface area contributed by atoms with E-state index in [0.717, 1.165) is 6.42 Å². The molecule has 2 amide bonds. The second kappa shape index (κ2) is 13.0. The molecule has 3 aromatic rings. The molecular formula is C27H28BrN3O3S. The number of rotatable bonds is 9. The minimum Gasteiger partial charge on any atom is -0.492 e. The zero-order valence-electron chi connectivity index (χ0n) is 19.7. The van der Waals surface area contributed by atoms with Gasteiger partial charge in [0.25, 0.3) is 11.8 Å². The van der Waals surface area contributed by atoms with Gasteiger partial charge in [-0.05, 0) is 90.0 Å². The van der Waals surface area contributed by atoms with Crippen LogP contribution in [0.15, 0.2) is 77.3 Å². The average molecular weight is 555 g/mol. The van der Waals surface area contributed by atoms with E-state index in [1.54, 1.807) is 47.4 Å². The van der Waals surface area contributed by atoms with Crippen molar-refractivity contribution in [1.29, 1.82) is 0 Å². The van der Waals surface area contributed by atoms with E-state index < -0.39 is 0 Å². The summed E-state index contributed by atoms with van der Waals surface area (Å²) in [5, 5.41) is 5.81. The molecule has 0 radical (unpaired) electrons. The zero-order chi connectivity index (χ0) is 25.2. The van der Waals surface area contributed by atoms with Gasteiger partial charge in [-0.3, -0.25) is 14.9 Å². The first-order chi connectivity index (χ1) is 16.9. The first kappa shape index (κ1) is 26.4. The highest BCUT2D eigenvalue weighted by molar-refractivity contribution is 9.10. The molecule has 0 fully saturated rings. The highest BCUT2D eigenvalue weighted by Gasteiger charge is 2.13. The van der Waals surface area contributed by atoms with Gasteiger partial charge in [0.15, 0.2) is 5.11 Å². The van der Waals surface area contributed by atoms with Crippen molar-refractivity contribution < 1.29 is 14.3 Å². The van der Waals surface area contributed by atoms with Crippen LogP contribution in [0.25, 0.3) is 0 Å². The molecule has 35 heavy (non-hydrogen) atoms. The van der Waals surface area contributed by atoms with Crippen molar-refractivity contribution in [2.45, 2.75) is 20.3 Å². The van der Waals surface area contributed by atoms with Crippen LogP contribution >= 0.6 is 28.1 Å². The number of halogens is 1. The Bertz CT molecular complexity index is 1170. The fourth-order valence-corrected chi connectivity index (χ4v) is 4.11. The fourth-order valence-electron chi connectivity index (χ4n) is 3.41. The number of nitrogens with one attached hydrogen (secondary N) is 2. The average Bonchev–Trinajstić information content (AvgIpc) is 2.86. The van der Waals surface area contributed by atoms with Crippen molar-refractivity contribution in [2.75, 3.05) is 25.0 Å². The van der Waals surface area contributed by atoms with Crippen LogP contribution in [0, 0.1) is 0 Å². The van der Waals surface area contributed by atoms with Gasteiger partial charge in [0, 0.05) is 36.3 Å². The molecular weight excluding hydrogens is 526 g/mol. The molecule has 3 aromatic carbocycles. The third-order valence-corrected chi connectivity index (χ3v) is 6.18. The molecule has 0 saturated heterocycles. The number of hydrogen-bond acceptors (Lipinski definition) is 4. The lowest BCUT2D eigenvalue weighted by Crippen LogP contribution is -2.34. The van der Waals surface area contributed by atoms with E-state index in [1.165, 1.54) is 5.56 Å². The van der Waals surface area contributed by atoms with E-state index in [-0.39, 0.29) is 16.9 Å². The van der Waals surface area contributed by atoms with Crippen molar-refractivity contribution in [3.63, 3.8) is 0 Å². The molecule has 182 valence electrons. The van der Waals surface area contributed by atoms with E-state index in [4.69, 9.17) is 17.0 Å². The molecule has 0 aliphatic carbocycles. The fraction of sp³-hybridized carbons (Fsp3) is 0.222. The summed E-state index contributed by atoms with van der Waals surface area (Å²) < 4.78 is 6.53. The minimum atomic E-state index is -0.340.